The molecule has 0 saturated heterocycles. The number of aliphatic carboxylic acids is 1. The van der Waals surface area contributed by atoms with Gasteiger partial charge in [0.1, 0.15) is 0 Å². The lowest BCUT2D eigenvalue weighted by molar-refractivity contribution is -0.136. The van der Waals surface area contributed by atoms with E-state index in [-0.39, 0.29) is 6.04 Å². The molecule has 1 unspecified atom stereocenters. The maximum Gasteiger partial charge on any atom is 0.304 e. The SMILES string of the molecule is CCC(NS(=O)(=O)CCC(=O)O)c1ccc(Br)cc1. The summed E-state index contributed by atoms with van der Waals surface area (Å²) in [5, 5.41) is 8.52. The summed E-state index contributed by atoms with van der Waals surface area (Å²) in [5.41, 5.74) is 0.851. The lowest BCUT2D eigenvalue weighted by Crippen LogP contribution is -2.31. The molecule has 0 heterocycles. The molecule has 0 aliphatic rings. The molecule has 0 amide bonds. The van der Waals surface area contributed by atoms with Crippen molar-refractivity contribution in [2.75, 3.05) is 5.75 Å². The van der Waals surface area contributed by atoms with Crippen molar-refractivity contribution >= 4 is 31.9 Å². The molecule has 5 nitrogen and oxygen atoms in total. The second-order valence-corrected chi connectivity index (χ2v) is 6.88. The molecule has 0 aromatic heterocycles. The maximum absolute atomic E-state index is 11.8. The van der Waals surface area contributed by atoms with Crippen LogP contribution in [-0.2, 0) is 14.8 Å². The van der Waals surface area contributed by atoms with Crippen LogP contribution in [0, 0.1) is 0 Å². The van der Waals surface area contributed by atoms with Crippen molar-refractivity contribution in [2.24, 2.45) is 0 Å². The van der Waals surface area contributed by atoms with Crippen LogP contribution >= 0.6 is 15.9 Å². The fourth-order valence-electron chi connectivity index (χ4n) is 1.58. The first-order valence-electron chi connectivity index (χ1n) is 5.81. The highest BCUT2D eigenvalue weighted by molar-refractivity contribution is 9.10. The molecule has 106 valence electrons. The lowest BCUT2D eigenvalue weighted by atomic mass is 10.1. The van der Waals surface area contributed by atoms with Crippen LogP contribution in [0.15, 0.2) is 28.7 Å². The number of benzene rings is 1. The fraction of sp³-hybridized carbons (Fsp3) is 0.417. The molecule has 0 bridgehead atoms. The largest absolute Gasteiger partial charge is 0.481 e. The second kappa shape index (κ2) is 7.02. The van der Waals surface area contributed by atoms with Gasteiger partial charge in [-0.25, -0.2) is 13.1 Å². The summed E-state index contributed by atoms with van der Waals surface area (Å²) in [6.45, 7) is 1.87. The minimum absolute atomic E-state index is 0.341. The first kappa shape index (κ1) is 16.1. The number of carbonyl (C=O) groups is 1. The van der Waals surface area contributed by atoms with Gasteiger partial charge in [-0.3, -0.25) is 4.79 Å². The first-order valence-corrected chi connectivity index (χ1v) is 8.26. The molecular weight excluding hydrogens is 334 g/mol. The molecule has 1 aromatic carbocycles. The van der Waals surface area contributed by atoms with Crippen molar-refractivity contribution in [3.05, 3.63) is 34.3 Å². The van der Waals surface area contributed by atoms with Crippen LogP contribution in [0.4, 0.5) is 0 Å². The van der Waals surface area contributed by atoms with Gasteiger partial charge < -0.3 is 5.11 Å². The monoisotopic (exact) mass is 349 g/mol. The molecule has 1 atom stereocenters. The number of hydrogen-bond donors (Lipinski definition) is 2. The Balaban J connectivity index is 2.76. The summed E-state index contributed by atoms with van der Waals surface area (Å²) in [7, 11) is -3.59. The van der Waals surface area contributed by atoms with E-state index < -0.39 is 28.2 Å². The molecule has 0 radical (unpaired) electrons. The quantitative estimate of drug-likeness (QED) is 0.790. The van der Waals surface area contributed by atoms with Gasteiger partial charge in [-0.05, 0) is 24.1 Å². The molecule has 0 aliphatic heterocycles. The average molecular weight is 350 g/mol. The van der Waals surface area contributed by atoms with Gasteiger partial charge in [-0.15, -0.1) is 0 Å². The van der Waals surface area contributed by atoms with Gasteiger partial charge in [0.25, 0.3) is 0 Å². The summed E-state index contributed by atoms with van der Waals surface area (Å²) in [6, 6.07) is 7.00. The van der Waals surface area contributed by atoms with Crippen LogP contribution in [0.1, 0.15) is 31.4 Å². The maximum atomic E-state index is 11.8. The molecule has 7 heteroatoms. The number of hydrogen-bond acceptors (Lipinski definition) is 3. The van der Waals surface area contributed by atoms with E-state index in [1.165, 1.54) is 0 Å². The molecule has 0 fully saturated rings. The van der Waals surface area contributed by atoms with Crippen LogP contribution in [0.3, 0.4) is 0 Å². The zero-order valence-corrected chi connectivity index (χ0v) is 12.9. The van der Waals surface area contributed by atoms with Gasteiger partial charge in [0.2, 0.25) is 10.0 Å². The van der Waals surface area contributed by atoms with Crippen LogP contribution in [0.25, 0.3) is 0 Å². The van der Waals surface area contributed by atoms with E-state index in [0.717, 1.165) is 10.0 Å². The third kappa shape index (κ3) is 5.71. The van der Waals surface area contributed by atoms with Crippen molar-refractivity contribution < 1.29 is 18.3 Å². The Morgan fingerprint density at radius 3 is 2.42 bits per heavy atom. The van der Waals surface area contributed by atoms with Crippen LogP contribution in [0.5, 0.6) is 0 Å². The highest BCUT2D eigenvalue weighted by Crippen LogP contribution is 2.20. The van der Waals surface area contributed by atoms with E-state index in [1.54, 1.807) is 0 Å². The van der Waals surface area contributed by atoms with Crippen LogP contribution in [0.2, 0.25) is 0 Å². The van der Waals surface area contributed by atoms with Crippen molar-refractivity contribution in [1.82, 2.24) is 4.72 Å². The number of nitrogens with one attached hydrogen (secondary N) is 1. The van der Waals surface area contributed by atoms with Crippen molar-refractivity contribution in [3.63, 3.8) is 0 Å². The van der Waals surface area contributed by atoms with Crippen molar-refractivity contribution in [2.45, 2.75) is 25.8 Å². The Hall–Kier alpha value is -0.920. The van der Waals surface area contributed by atoms with E-state index in [9.17, 15) is 13.2 Å². The van der Waals surface area contributed by atoms with Crippen LogP contribution in [-0.4, -0.2) is 25.2 Å². The molecule has 1 rings (SSSR count). The predicted molar refractivity (Wildman–Crippen MR) is 76.3 cm³/mol. The normalized spacial score (nSPS) is 13.2. The number of halogens is 1. The number of rotatable bonds is 7. The van der Waals surface area contributed by atoms with E-state index >= 15 is 0 Å². The average Bonchev–Trinajstić information content (AvgIpc) is 2.35. The Kier molecular flexibility index (Phi) is 5.96. The Labute approximate surface area is 121 Å². The predicted octanol–water partition coefficient (Wildman–Crippen LogP) is 2.29. The Bertz CT molecular complexity index is 527. The van der Waals surface area contributed by atoms with E-state index in [0.29, 0.717) is 6.42 Å². The third-order valence-electron chi connectivity index (χ3n) is 2.59. The smallest absolute Gasteiger partial charge is 0.304 e. The standard InChI is InChI=1S/C12H16BrNO4S/c1-2-11(9-3-5-10(13)6-4-9)14-19(17,18)8-7-12(15)16/h3-6,11,14H,2,7-8H2,1H3,(H,15,16). The first-order chi connectivity index (χ1) is 8.84. The number of sulfonamides is 1. The molecule has 19 heavy (non-hydrogen) atoms. The van der Waals surface area contributed by atoms with Gasteiger partial charge >= 0.3 is 5.97 Å². The summed E-state index contributed by atoms with van der Waals surface area (Å²) in [4.78, 5) is 10.4. The van der Waals surface area contributed by atoms with Gasteiger partial charge in [-0.2, -0.15) is 0 Å². The highest BCUT2D eigenvalue weighted by Gasteiger charge is 2.19. The van der Waals surface area contributed by atoms with Gasteiger partial charge in [0.05, 0.1) is 12.2 Å². The molecule has 1 aromatic rings. The number of carboxylic acids is 1. The topological polar surface area (TPSA) is 83.5 Å². The van der Waals surface area contributed by atoms with E-state index in [2.05, 4.69) is 20.7 Å². The highest BCUT2D eigenvalue weighted by atomic mass is 79.9. The Morgan fingerprint density at radius 1 is 1.37 bits per heavy atom. The fourth-order valence-corrected chi connectivity index (χ4v) is 3.14. The molecule has 0 spiro atoms. The van der Waals surface area contributed by atoms with Crippen molar-refractivity contribution in [3.8, 4) is 0 Å². The third-order valence-corrected chi connectivity index (χ3v) is 4.50. The molecule has 2 N–H and O–H groups in total. The Morgan fingerprint density at radius 2 is 1.95 bits per heavy atom. The zero-order valence-electron chi connectivity index (χ0n) is 10.5. The van der Waals surface area contributed by atoms with Gasteiger partial charge in [0, 0.05) is 10.5 Å². The van der Waals surface area contributed by atoms with E-state index in [4.69, 9.17) is 5.11 Å². The summed E-state index contributed by atoms with van der Waals surface area (Å²) in [5.74, 6) is -1.53. The lowest BCUT2D eigenvalue weighted by Gasteiger charge is -2.17. The summed E-state index contributed by atoms with van der Waals surface area (Å²) < 4.78 is 27.0. The van der Waals surface area contributed by atoms with E-state index in [1.807, 2.05) is 31.2 Å². The molecule has 0 saturated carbocycles. The van der Waals surface area contributed by atoms with Gasteiger partial charge in [-0.1, -0.05) is 35.0 Å². The van der Waals surface area contributed by atoms with Crippen LogP contribution < -0.4 is 4.72 Å². The summed E-state index contributed by atoms with van der Waals surface area (Å²) in [6.07, 6.45) is 0.194. The van der Waals surface area contributed by atoms with Crippen molar-refractivity contribution in [1.29, 1.82) is 0 Å². The minimum Gasteiger partial charge on any atom is -0.481 e. The second-order valence-electron chi connectivity index (χ2n) is 4.09. The zero-order chi connectivity index (χ0) is 14.5. The minimum atomic E-state index is -3.59. The van der Waals surface area contributed by atoms with Gasteiger partial charge in [0.15, 0.2) is 0 Å². The number of carboxylic acid groups (broad SMARTS) is 1. The molecular formula is C12H16BrNO4S. The molecule has 0 aliphatic carbocycles. The summed E-state index contributed by atoms with van der Waals surface area (Å²) >= 11 is 3.31.